The average molecular weight is 755 g/mol. The van der Waals surface area contributed by atoms with Crippen molar-refractivity contribution in [1.82, 2.24) is 20.2 Å². The van der Waals surface area contributed by atoms with E-state index in [0.29, 0.717) is 43.0 Å². The summed E-state index contributed by atoms with van der Waals surface area (Å²) < 4.78 is 12.7. The number of hydrogen-bond acceptors (Lipinski definition) is 8. The van der Waals surface area contributed by atoms with Crippen molar-refractivity contribution in [3.8, 4) is 0 Å². The van der Waals surface area contributed by atoms with Gasteiger partial charge in [0.25, 0.3) is 0 Å². The molecule has 2 heterocycles. The third-order valence-corrected chi connectivity index (χ3v) is 13.1. The molecule has 0 unspecified atom stereocenters. The number of hydrogen-bond donors (Lipinski definition) is 4. The van der Waals surface area contributed by atoms with Crippen molar-refractivity contribution in [2.24, 2.45) is 35.0 Å². The summed E-state index contributed by atoms with van der Waals surface area (Å²) in [6.07, 6.45) is 7.04. The van der Waals surface area contributed by atoms with Gasteiger partial charge in [-0.15, -0.1) is 0 Å². The lowest BCUT2D eigenvalue weighted by atomic mass is 9.58. The summed E-state index contributed by atoms with van der Waals surface area (Å²) in [7, 11) is 0. The molecule has 3 fully saturated rings. The van der Waals surface area contributed by atoms with Crippen molar-refractivity contribution < 1.29 is 29.3 Å². The van der Waals surface area contributed by atoms with Crippen LogP contribution in [0.2, 0.25) is 0 Å². The van der Waals surface area contributed by atoms with Gasteiger partial charge < -0.3 is 25.5 Å². The maximum Gasteiger partial charge on any atom is 0.240 e. The fourth-order valence-corrected chi connectivity index (χ4v) is 9.06. The second-order valence-electron chi connectivity index (χ2n) is 17.6. The molecule has 1 amide bonds. The Kier molecular flexibility index (Phi) is 16.3. The Morgan fingerprint density at radius 3 is 2.48 bits per heavy atom. The highest BCUT2D eigenvalue weighted by atomic mass is 19.1. The number of nitrogens with one attached hydrogen (secondary N) is 1. The molecule has 10 heteroatoms. The molecule has 2 aliphatic heterocycles. The molecule has 0 spiro atoms. The number of halogens is 1. The maximum atomic E-state index is 14.3. The number of alkyl halides is 1. The number of allylic oxidation sites excluding steroid dienone is 3. The molecule has 304 valence electrons. The molecule has 4 rings (SSSR count). The smallest absolute Gasteiger partial charge is 0.240 e. The van der Waals surface area contributed by atoms with E-state index >= 15 is 0 Å². The van der Waals surface area contributed by atoms with Crippen molar-refractivity contribution in [1.29, 1.82) is 0 Å². The molecule has 0 bridgehead atoms. The van der Waals surface area contributed by atoms with Gasteiger partial charge in [-0.05, 0) is 92.0 Å². The molecule has 54 heavy (non-hydrogen) atoms. The van der Waals surface area contributed by atoms with Crippen molar-refractivity contribution in [3.63, 3.8) is 0 Å². The van der Waals surface area contributed by atoms with Crippen LogP contribution in [-0.2, 0) is 22.7 Å². The van der Waals surface area contributed by atoms with E-state index in [-0.39, 0.29) is 41.7 Å². The van der Waals surface area contributed by atoms with Crippen LogP contribution in [-0.4, -0.2) is 106 Å². The molecule has 4 N–H and O–H groups in total. The number of benzene rings is 1. The predicted molar refractivity (Wildman–Crippen MR) is 215 cm³/mol. The SMILES string of the molecule is C=C(CN(Cc1cccc(CN2O[C@@H](CO)[C@@H]([C@H](C)O)[C@H]2C(=O)N[C@H]2C[C@@H](C)C(C)(C)[C@@H](C)[C@@H]2C)c1)[C@@H](CC(C)C)CN1CCCC1)/C(O)=C\C=C/CF. The largest absolute Gasteiger partial charge is 0.508 e. The van der Waals surface area contributed by atoms with Gasteiger partial charge in [0.2, 0.25) is 5.91 Å². The van der Waals surface area contributed by atoms with Crippen molar-refractivity contribution in [3.05, 3.63) is 71.5 Å². The third-order valence-electron chi connectivity index (χ3n) is 13.1. The van der Waals surface area contributed by atoms with Crippen LogP contribution in [0.5, 0.6) is 0 Å². The Morgan fingerprint density at radius 1 is 1.17 bits per heavy atom. The molecular formula is C44H71FN4O5. The fraction of sp³-hybridized carbons (Fsp3) is 0.705. The van der Waals surface area contributed by atoms with Crippen LogP contribution in [0.4, 0.5) is 4.39 Å². The van der Waals surface area contributed by atoms with Crippen LogP contribution in [0.3, 0.4) is 0 Å². The number of carbonyl (C=O) groups excluding carboxylic acids is 1. The molecule has 1 aromatic carbocycles. The van der Waals surface area contributed by atoms with E-state index in [0.717, 1.165) is 43.6 Å². The van der Waals surface area contributed by atoms with Gasteiger partial charge in [-0.2, -0.15) is 5.06 Å². The van der Waals surface area contributed by atoms with E-state index in [1.807, 2.05) is 12.1 Å². The number of aliphatic hydroxyl groups is 3. The average Bonchev–Trinajstić information content (AvgIpc) is 3.77. The summed E-state index contributed by atoms with van der Waals surface area (Å²) in [6, 6.07) is 7.69. The molecule has 9 nitrogen and oxygen atoms in total. The number of aliphatic hydroxyl groups excluding tert-OH is 3. The molecule has 1 aliphatic carbocycles. The lowest BCUT2D eigenvalue weighted by Crippen LogP contribution is -2.56. The van der Waals surface area contributed by atoms with E-state index in [1.54, 1.807) is 12.0 Å². The lowest BCUT2D eigenvalue weighted by Gasteiger charge is -2.50. The summed E-state index contributed by atoms with van der Waals surface area (Å²) in [4.78, 5) is 25.5. The van der Waals surface area contributed by atoms with Gasteiger partial charge >= 0.3 is 0 Å². The molecule has 0 aromatic heterocycles. The predicted octanol–water partition coefficient (Wildman–Crippen LogP) is 6.82. The van der Waals surface area contributed by atoms with Gasteiger partial charge in [0.1, 0.15) is 24.6 Å². The van der Waals surface area contributed by atoms with Crippen LogP contribution >= 0.6 is 0 Å². The minimum atomic E-state index is -0.872. The summed E-state index contributed by atoms with van der Waals surface area (Å²) in [6.45, 7) is 25.3. The molecular weight excluding hydrogens is 684 g/mol. The minimum absolute atomic E-state index is 0.00222. The number of rotatable bonds is 18. The standard InChI is InChI=1S/C44H71FN4O5/c1-29(2)21-37(27-47-19-12-13-20-47)48(24-30(3)39(52)17-10-11-18-45)25-35-15-14-16-36(23-35)26-49-42(41(34(7)51)40(28-50)54-49)43(53)46-38-22-31(4)44(8,9)33(6)32(38)5/h10-11,14-17,23,29,31-34,37-38,40-42,50-52H,3,12-13,18-22,24-28H2,1-2,4-9H3,(H,46,53)/b11-10-,39-17+/t31-,32+,33+,34+,37+,38+,40+,41-,42+/m1/s1. The first-order valence-corrected chi connectivity index (χ1v) is 20.4. The first-order chi connectivity index (χ1) is 25.6. The minimum Gasteiger partial charge on any atom is -0.508 e. The van der Waals surface area contributed by atoms with E-state index in [1.165, 1.54) is 31.1 Å². The van der Waals surface area contributed by atoms with Crippen LogP contribution in [0.1, 0.15) is 92.2 Å². The zero-order chi connectivity index (χ0) is 39.7. The summed E-state index contributed by atoms with van der Waals surface area (Å²) in [5, 5.41) is 37.1. The Balaban J connectivity index is 1.59. The van der Waals surface area contributed by atoms with Gasteiger partial charge in [0.15, 0.2) is 0 Å². The van der Waals surface area contributed by atoms with Crippen molar-refractivity contribution in [2.45, 2.75) is 124 Å². The summed E-state index contributed by atoms with van der Waals surface area (Å²) >= 11 is 0. The summed E-state index contributed by atoms with van der Waals surface area (Å²) in [5.74, 6) is 0.833. The molecule has 0 radical (unpaired) electrons. The number of amides is 1. The first-order valence-electron chi connectivity index (χ1n) is 20.4. The van der Waals surface area contributed by atoms with E-state index in [4.69, 9.17) is 4.84 Å². The highest BCUT2D eigenvalue weighted by Gasteiger charge is 2.51. The quantitative estimate of drug-likeness (QED) is 0.0956. The van der Waals surface area contributed by atoms with Gasteiger partial charge in [-0.1, -0.05) is 91.5 Å². The van der Waals surface area contributed by atoms with Crippen molar-refractivity contribution >= 4 is 5.91 Å². The van der Waals surface area contributed by atoms with Gasteiger partial charge in [-0.25, -0.2) is 4.39 Å². The topological polar surface area (TPSA) is 109 Å². The molecule has 1 saturated carbocycles. The number of nitrogens with zero attached hydrogens (tertiary/aromatic N) is 3. The molecule has 2 saturated heterocycles. The Hall–Kier alpha value is -2.60. The van der Waals surface area contributed by atoms with Crippen LogP contribution in [0, 0.1) is 35.0 Å². The summed E-state index contributed by atoms with van der Waals surface area (Å²) in [5.41, 5.74) is 2.75. The molecule has 1 aromatic rings. The maximum absolute atomic E-state index is 14.3. The monoisotopic (exact) mass is 755 g/mol. The second kappa shape index (κ2) is 20.0. The van der Waals surface area contributed by atoms with Crippen LogP contribution < -0.4 is 5.32 Å². The van der Waals surface area contributed by atoms with E-state index in [9.17, 15) is 24.5 Å². The molecule has 9 atom stereocenters. The Morgan fingerprint density at radius 2 is 1.85 bits per heavy atom. The zero-order valence-electron chi connectivity index (χ0n) is 34.4. The van der Waals surface area contributed by atoms with Crippen LogP contribution in [0.25, 0.3) is 0 Å². The fourth-order valence-electron chi connectivity index (χ4n) is 9.06. The highest BCUT2D eigenvalue weighted by molar-refractivity contribution is 5.82. The van der Waals surface area contributed by atoms with Gasteiger partial charge in [-0.3, -0.25) is 14.5 Å². The van der Waals surface area contributed by atoms with E-state index < -0.39 is 30.8 Å². The number of likely N-dealkylation sites (tertiary alicyclic amines) is 1. The lowest BCUT2D eigenvalue weighted by molar-refractivity contribution is -0.182. The normalized spacial score (nSPS) is 29.4. The Labute approximate surface area is 325 Å². The van der Waals surface area contributed by atoms with Gasteiger partial charge in [0.05, 0.1) is 19.3 Å². The number of hydroxylamine groups is 2. The number of carbonyl (C=O) groups is 1. The van der Waals surface area contributed by atoms with Crippen LogP contribution in [0.15, 0.2) is 60.4 Å². The first kappa shape index (κ1) is 44.1. The van der Waals surface area contributed by atoms with Crippen molar-refractivity contribution in [2.75, 3.05) is 39.5 Å². The van der Waals surface area contributed by atoms with Gasteiger partial charge in [0, 0.05) is 43.2 Å². The highest BCUT2D eigenvalue weighted by Crippen LogP contribution is 2.47. The zero-order valence-corrected chi connectivity index (χ0v) is 34.4. The third kappa shape index (κ3) is 11.3. The molecule has 3 aliphatic rings. The van der Waals surface area contributed by atoms with E-state index in [2.05, 4.69) is 82.3 Å². The Bertz CT molecular complexity index is 1430. The second-order valence-corrected chi connectivity index (χ2v) is 17.6.